The zero-order chi connectivity index (χ0) is 44.0. The number of rotatable bonds is 6. The van der Waals surface area contributed by atoms with E-state index in [2.05, 4.69) is 187 Å². The van der Waals surface area contributed by atoms with E-state index in [1.165, 1.54) is 87.5 Å². The minimum atomic E-state index is 0.594. The van der Waals surface area contributed by atoms with Crippen LogP contribution < -0.4 is 43.7 Å². The van der Waals surface area contributed by atoms with Gasteiger partial charge in [-0.3, -0.25) is 4.57 Å². The maximum absolute atomic E-state index is 5.45. The summed E-state index contributed by atoms with van der Waals surface area (Å²) in [7, 11) is 18.2. The molecule has 11 rings (SSSR count). The molecule has 64 heavy (non-hydrogen) atoms. The molecule has 5 nitrogen and oxygen atoms in total. The molecule has 8 aromatic carbocycles. The highest BCUT2D eigenvalue weighted by molar-refractivity contribution is 6.66. The van der Waals surface area contributed by atoms with Crippen molar-refractivity contribution in [3.05, 3.63) is 152 Å². The molecule has 0 aliphatic carbocycles. The second kappa shape index (κ2) is 15.3. The van der Waals surface area contributed by atoms with Crippen LogP contribution in [0.5, 0.6) is 0 Å². The molecule has 0 saturated carbocycles. The van der Waals surface area contributed by atoms with Crippen molar-refractivity contribution in [2.45, 2.75) is 0 Å². The van der Waals surface area contributed by atoms with Crippen molar-refractivity contribution >= 4 is 150 Å². The van der Waals surface area contributed by atoms with Gasteiger partial charge in [0.05, 0.1) is 16.6 Å². The molecule has 0 bridgehead atoms. The summed E-state index contributed by atoms with van der Waals surface area (Å²) >= 11 is 0. The lowest BCUT2D eigenvalue weighted by Crippen LogP contribution is -2.33. The molecule has 3 heterocycles. The smallest absolute Gasteiger partial charge is 0.238 e. The zero-order valence-electron chi connectivity index (χ0n) is 37.7. The van der Waals surface area contributed by atoms with Crippen molar-refractivity contribution in [3.8, 4) is 56.7 Å². The van der Waals surface area contributed by atoms with Crippen LogP contribution in [-0.2, 0) is 0 Å². The predicted octanol–water partition coefficient (Wildman–Crippen LogP) is -1.20. The fourth-order valence-corrected chi connectivity index (χ4v) is 10.3. The fraction of sp³-hybridized carbons (Fsp3) is 0. The third kappa shape index (κ3) is 6.16. The van der Waals surface area contributed by atoms with Gasteiger partial charge in [-0.25, -0.2) is 4.98 Å². The highest BCUT2D eigenvalue weighted by atomic mass is 15.2. The van der Waals surface area contributed by atoms with E-state index in [0.29, 0.717) is 17.6 Å². The molecule has 13 heteroatoms. The molecule has 0 aliphatic rings. The van der Waals surface area contributed by atoms with E-state index in [0.717, 1.165) is 38.9 Å². The van der Waals surface area contributed by atoms with Crippen LogP contribution in [0.1, 0.15) is 0 Å². The Morgan fingerprint density at radius 2 is 0.688 bits per heavy atom. The van der Waals surface area contributed by atoms with Crippen LogP contribution in [-0.4, -0.2) is 86.9 Å². The molecule has 0 saturated heterocycles. The lowest BCUT2D eigenvalue weighted by atomic mass is 9.70. The number of aromatic nitrogens is 5. The Morgan fingerprint density at radius 3 is 1.20 bits per heavy atom. The van der Waals surface area contributed by atoms with E-state index in [1.807, 2.05) is 36.4 Å². The number of hydrogen-bond donors (Lipinski definition) is 0. The van der Waals surface area contributed by atoms with Crippen LogP contribution in [0.3, 0.4) is 0 Å². The van der Waals surface area contributed by atoms with Gasteiger partial charge in [-0.05, 0) is 45.8 Å². The van der Waals surface area contributed by atoms with E-state index >= 15 is 0 Å². The Kier molecular flexibility index (Phi) is 9.50. The lowest BCUT2D eigenvalue weighted by Gasteiger charge is -2.16. The second-order valence-electron chi connectivity index (χ2n) is 17.6. The normalized spacial score (nSPS) is 11.6. The minimum Gasteiger partial charge on any atom is -0.308 e. The summed E-state index contributed by atoms with van der Waals surface area (Å²) in [5.41, 5.74) is 22.4. The Labute approximate surface area is 380 Å². The third-order valence-electron chi connectivity index (χ3n) is 13.7. The number of fused-ring (bicyclic) bond motifs is 7. The van der Waals surface area contributed by atoms with Gasteiger partial charge in [0, 0.05) is 38.5 Å². The molecular weight excluding hydrogens is 769 g/mol. The summed E-state index contributed by atoms with van der Waals surface area (Å²) in [6, 6.07) is 53.9. The van der Waals surface area contributed by atoms with Crippen LogP contribution in [0, 0.1) is 0 Å². The van der Waals surface area contributed by atoms with Crippen LogP contribution >= 0.6 is 0 Å². The average molecular weight is 810 g/mol. The number of nitrogens with zero attached hydrogens (tertiary/aromatic N) is 5. The molecule has 0 N–H and O–H groups in total. The predicted molar refractivity (Wildman–Crippen MR) is 296 cm³/mol. The van der Waals surface area contributed by atoms with Crippen molar-refractivity contribution in [3.63, 3.8) is 0 Å². The lowest BCUT2D eigenvalue weighted by molar-refractivity contribution is 0.955. The van der Waals surface area contributed by atoms with Gasteiger partial charge < -0.3 is 4.57 Å². The SMILES string of the molecule is Bc1cc(B)c2c(c1B)c1c(B)c(B)c3c4c(B)c(B)cc(B)c4n(-c4nc(-c5ccccc5)nc(-c5ccccc5)n4)c3c1n2-c1cccc(-c2cccc(-c3ccccc3)c2)c1. The molecule has 0 amide bonds. The monoisotopic (exact) mass is 811 g/mol. The summed E-state index contributed by atoms with van der Waals surface area (Å²) in [6.07, 6.45) is 0. The summed E-state index contributed by atoms with van der Waals surface area (Å²) in [4.78, 5) is 16.0. The van der Waals surface area contributed by atoms with Crippen molar-refractivity contribution in [2.75, 3.05) is 0 Å². The highest BCUT2D eigenvalue weighted by Gasteiger charge is 2.29. The first-order valence-electron chi connectivity index (χ1n) is 22.2. The minimum absolute atomic E-state index is 0.594. The first kappa shape index (κ1) is 39.7. The highest BCUT2D eigenvalue weighted by Crippen LogP contribution is 2.39. The average Bonchev–Trinajstić information content (AvgIpc) is 3.89. The topological polar surface area (TPSA) is 48.5 Å². The third-order valence-corrected chi connectivity index (χ3v) is 13.7. The maximum Gasteiger partial charge on any atom is 0.238 e. The Balaban J connectivity index is 1.33. The van der Waals surface area contributed by atoms with Crippen molar-refractivity contribution in [2.24, 2.45) is 0 Å². The molecule has 0 aliphatic heterocycles. The Bertz CT molecular complexity index is 3650. The van der Waals surface area contributed by atoms with Crippen LogP contribution in [0.15, 0.2) is 152 Å². The van der Waals surface area contributed by atoms with Gasteiger partial charge in [-0.15, -0.1) is 0 Å². The van der Waals surface area contributed by atoms with E-state index in [1.54, 1.807) is 0 Å². The molecule has 0 spiro atoms. The van der Waals surface area contributed by atoms with Gasteiger partial charge in [0.15, 0.2) is 11.6 Å². The van der Waals surface area contributed by atoms with Crippen LogP contribution in [0.25, 0.3) is 100 Å². The van der Waals surface area contributed by atoms with Gasteiger partial charge in [-0.1, -0.05) is 177 Å². The van der Waals surface area contributed by atoms with Gasteiger partial charge in [-0.2, -0.15) is 9.97 Å². The standard InChI is InChI=1S/C51H41B8N5/c52-33-24-35(54)45-37(41(33)56)39-43(58)44(59)40-38-42(57)34(53)25-36(55)46(38)64(51-61-49(27-14-6-2-7-15-27)60-50(62-51)28-16-8-3-9-17-28)48(40)47(39)63(45)32-21-11-20-31(23-32)30-19-10-18-29(22-30)26-12-4-1-5-13-26/h1-25H,52-59H2. The molecular formula is C51H41B8N5. The molecule has 294 valence electrons. The van der Waals surface area contributed by atoms with E-state index in [9.17, 15) is 0 Å². The van der Waals surface area contributed by atoms with E-state index in [-0.39, 0.29) is 0 Å². The van der Waals surface area contributed by atoms with Gasteiger partial charge in [0.1, 0.15) is 62.8 Å². The second-order valence-corrected chi connectivity index (χ2v) is 17.6. The number of benzene rings is 8. The van der Waals surface area contributed by atoms with Crippen molar-refractivity contribution in [1.29, 1.82) is 0 Å². The fourth-order valence-electron chi connectivity index (χ4n) is 10.3. The molecule has 0 radical (unpaired) electrons. The van der Waals surface area contributed by atoms with Crippen LogP contribution in [0.4, 0.5) is 0 Å². The molecule has 0 unspecified atom stereocenters. The molecule has 0 fully saturated rings. The summed E-state index contributed by atoms with van der Waals surface area (Å²) in [5.74, 6) is 1.86. The summed E-state index contributed by atoms with van der Waals surface area (Å²) < 4.78 is 4.93. The van der Waals surface area contributed by atoms with Crippen molar-refractivity contribution < 1.29 is 0 Å². The number of hydrogen-bond acceptors (Lipinski definition) is 3. The molecule has 0 atom stereocenters. The Hall–Kier alpha value is -7.11. The summed E-state index contributed by atoms with van der Waals surface area (Å²) in [5, 5.41) is 5.02. The maximum atomic E-state index is 5.45. The molecule has 3 aromatic heterocycles. The van der Waals surface area contributed by atoms with E-state index < -0.39 is 0 Å². The summed E-state index contributed by atoms with van der Waals surface area (Å²) in [6.45, 7) is 0. The van der Waals surface area contributed by atoms with Gasteiger partial charge in [0.25, 0.3) is 0 Å². The van der Waals surface area contributed by atoms with Gasteiger partial charge >= 0.3 is 0 Å². The first-order valence-corrected chi connectivity index (χ1v) is 22.2. The zero-order valence-corrected chi connectivity index (χ0v) is 37.7. The quantitative estimate of drug-likeness (QED) is 0.199. The van der Waals surface area contributed by atoms with Gasteiger partial charge in [0.2, 0.25) is 5.95 Å². The van der Waals surface area contributed by atoms with Crippen molar-refractivity contribution in [1.82, 2.24) is 24.1 Å². The largest absolute Gasteiger partial charge is 0.308 e. The Morgan fingerprint density at radius 1 is 0.297 bits per heavy atom. The van der Waals surface area contributed by atoms with Crippen LogP contribution in [0.2, 0.25) is 0 Å². The molecule has 11 aromatic rings. The first-order chi connectivity index (χ1) is 31.1. The van der Waals surface area contributed by atoms with E-state index in [4.69, 9.17) is 15.0 Å².